The predicted molar refractivity (Wildman–Crippen MR) is 107 cm³/mol. The highest BCUT2D eigenvalue weighted by Crippen LogP contribution is 2.28. The van der Waals surface area contributed by atoms with Gasteiger partial charge in [-0.15, -0.1) is 0 Å². The van der Waals surface area contributed by atoms with Gasteiger partial charge in [0.15, 0.2) is 11.5 Å². The van der Waals surface area contributed by atoms with Crippen LogP contribution < -0.4 is 20.5 Å². The molecule has 2 amide bonds. The van der Waals surface area contributed by atoms with E-state index < -0.39 is 0 Å². The Bertz CT molecular complexity index is 843. The van der Waals surface area contributed by atoms with Gasteiger partial charge in [-0.2, -0.15) is 0 Å². The number of carbonyl (C=O) groups is 2. The van der Waals surface area contributed by atoms with E-state index in [-0.39, 0.29) is 17.9 Å². The Balaban J connectivity index is 1.57. The molecule has 0 aliphatic carbocycles. The van der Waals surface area contributed by atoms with Crippen molar-refractivity contribution in [2.24, 2.45) is 0 Å². The van der Waals surface area contributed by atoms with Crippen molar-refractivity contribution in [2.75, 3.05) is 33.0 Å². The van der Waals surface area contributed by atoms with Gasteiger partial charge in [-0.3, -0.25) is 9.59 Å². The molecule has 0 aromatic heterocycles. The summed E-state index contributed by atoms with van der Waals surface area (Å²) in [4.78, 5) is 26.9. The molecule has 0 saturated carbocycles. The second-order valence-electron chi connectivity index (χ2n) is 6.73. The largest absolute Gasteiger partial charge is 0.493 e. The summed E-state index contributed by atoms with van der Waals surface area (Å²) in [7, 11) is 3.10. The minimum atomic E-state index is -0.121. The number of piperidine rings is 1. The fourth-order valence-corrected chi connectivity index (χ4v) is 3.28. The summed E-state index contributed by atoms with van der Waals surface area (Å²) < 4.78 is 10.5. The van der Waals surface area contributed by atoms with Crippen LogP contribution in [0, 0.1) is 0 Å². The van der Waals surface area contributed by atoms with E-state index in [0.29, 0.717) is 54.2 Å². The molecule has 1 aliphatic heterocycles. The monoisotopic (exact) mass is 383 g/mol. The standard InChI is InChI=1S/C21H25N3O4/c1-27-18-8-5-15(13-19(18)28-2)21(26)24-11-9-17(10-12-24)23-20(25)14-3-6-16(22)7-4-14/h3-8,13,17H,9-12,22H2,1-2H3,(H,23,25). The van der Waals surface area contributed by atoms with Gasteiger partial charge < -0.3 is 25.4 Å². The summed E-state index contributed by atoms with van der Waals surface area (Å²) in [6.07, 6.45) is 1.42. The van der Waals surface area contributed by atoms with Crippen molar-refractivity contribution in [1.82, 2.24) is 10.2 Å². The summed E-state index contributed by atoms with van der Waals surface area (Å²) in [6.45, 7) is 1.17. The van der Waals surface area contributed by atoms with Gasteiger partial charge in [-0.25, -0.2) is 0 Å². The first-order valence-corrected chi connectivity index (χ1v) is 9.19. The quantitative estimate of drug-likeness (QED) is 0.773. The van der Waals surface area contributed by atoms with Crippen LogP contribution in [0.15, 0.2) is 42.5 Å². The summed E-state index contributed by atoms with van der Waals surface area (Å²) in [5.74, 6) is 0.941. The molecule has 148 valence electrons. The van der Waals surface area contributed by atoms with E-state index in [0.717, 1.165) is 0 Å². The number of likely N-dealkylation sites (tertiary alicyclic amines) is 1. The lowest BCUT2D eigenvalue weighted by atomic mass is 10.0. The molecule has 1 saturated heterocycles. The van der Waals surface area contributed by atoms with Crippen LogP contribution >= 0.6 is 0 Å². The highest BCUT2D eigenvalue weighted by molar-refractivity contribution is 5.95. The van der Waals surface area contributed by atoms with Gasteiger partial charge in [-0.05, 0) is 55.3 Å². The lowest BCUT2D eigenvalue weighted by Gasteiger charge is -2.32. The molecule has 7 nitrogen and oxygen atoms in total. The number of nitrogens with one attached hydrogen (secondary N) is 1. The molecular weight excluding hydrogens is 358 g/mol. The first-order chi connectivity index (χ1) is 13.5. The van der Waals surface area contributed by atoms with E-state index >= 15 is 0 Å². The topological polar surface area (TPSA) is 93.9 Å². The van der Waals surface area contributed by atoms with Gasteiger partial charge in [0.1, 0.15) is 0 Å². The van der Waals surface area contributed by atoms with Crippen LogP contribution in [0.4, 0.5) is 5.69 Å². The van der Waals surface area contributed by atoms with Crippen molar-refractivity contribution >= 4 is 17.5 Å². The molecule has 2 aromatic carbocycles. The Kier molecular flexibility index (Phi) is 6.03. The fraction of sp³-hybridized carbons (Fsp3) is 0.333. The number of nitrogen functional groups attached to an aromatic ring is 1. The average Bonchev–Trinajstić information content (AvgIpc) is 2.73. The summed E-state index contributed by atoms with van der Waals surface area (Å²) in [5.41, 5.74) is 7.42. The average molecular weight is 383 g/mol. The van der Waals surface area contributed by atoms with Crippen LogP contribution in [-0.4, -0.2) is 50.1 Å². The SMILES string of the molecule is COc1ccc(C(=O)N2CCC(NC(=O)c3ccc(N)cc3)CC2)cc1OC. The zero-order valence-corrected chi connectivity index (χ0v) is 16.1. The van der Waals surface area contributed by atoms with Gasteiger partial charge in [0.05, 0.1) is 14.2 Å². The van der Waals surface area contributed by atoms with Crippen molar-refractivity contribution in [2.45, 2.75) is 18.9 Å². The lowest BCUT2D eigenvalue weighted by molar-refractivity contribution is 0.0697. The molecule has 3 rings (SSSR count). The van der Waals surface area contributed by atoms with Crippen molar-refractivity contribution in [3.05, 3.63) is 53.6 Å². The molecule has 28 heavy (non-hydrogen) atoms. The van der Waals surface area contributed by atoms with E-state index in [9.17, 15) is 9.59 Å². The minimum absolute atomic E-state index is 0.0412. The third kappa shape index (κ3) is 4.36. The second-order valence-corrected chi connectivity index (χ2v) is 6.73. The smallest absolute Gasteiger partial charge is 0.253 e. The van der Waals surface area contributed by atoms with Crippen LogP contribution in [0.1, 0.15) is 33.6 Å². The number of anilines is 1. The van der Waals surface area contributed by atoms with E-state index in [4.69, 9.17) is 15.2 Å². The zero-order chi connectivity index (χ0) is 20.1. The van der Waals surface area contributed by atoms with Crippen LogP contribution in [0.2, 0.25) is 0 Å². The molecule has 7 heteroatoms. The van der Waals surface area contributed by atoms with Crippen molar-refractivity contribution in [3.63, 3.8) is 0 Å². The van der Waals surface area contributed by atoms with E-state index in [1.165, 1.54) is 0 Å². The number of amides is 2. The number of methoxy groups -OCH3 is 2. The normalized spacial score (nSPS) is 14.4. The summed E-state index contributed by atoms with van der Waals surface area (Å²) in [6, 6.07) is 12.0. The fourth-order valence-electron chi connectivity index (χ4n) is 3.28. The van der Waals surface area contributed by atoms with Crippen LogP contribution in [0.25, 0.3) is 0 Å². The van der Waals surface area contributed by atoms with Crippen LogP contribution in [0.3, 0.4) is 0 Å². The highest BCUT2D eigenvalue weighted by Gasteiger charge is 2.25. The number of carbonyl (C=O) groups excluding carboxylic acids is 2. The zero-order valence-electron chi connectivity index (χ0n) is 16.1. The van der Waals surface area contributed by atoms with E-state index in [2.05, 4.69) is 5.32 Å². The number of rotatable bonds is 5. The number of benzene rings is 2. The maximum Gasteiger partial charge on any atom is 0.253 e. The minimum Gasteiger partial charge on any atom is -0.493 e. The Labute approximate surface area is 164 Å². The number of nitrogens with zero attached hydrogens (tertiary/aromatic N) is 1. The van der Waals surface area contributed by atoms with E-state index in [1.807, 2.05) is 0 Å². The number of hydrogen-bond acceptors (Lipinski definition) is 5. The van der Waals surface area contributed by atoms with E-state index in [1.54, 1.807) is 61.6 Å². The van der Waals surface area contributed by atoms with Gasteiger partial charge >= 0.3 is 0 Å². The first-order valence-electron chi connectivity index (χ1n) is 9.19. The highest BCUT2D eigenvalue weighted by atomic mass is 16.5. The summed E-state index contributed by atoms with van der Waals surface area (Å²) in [5, 5.41) is 3.03. The van der Waals surface area contributed by atoms with Gasteiger partial charge in [0, 0.05) is 35.9 Å². The molecule has 3 N–H and O–H groups in total. The maximum atomic E-state index is 12.8. The third-order valence-electron chi connectivity index (χ3n) is 4.92. The van der Waals surface area contributed by atoms with Crippen molar-refractivity contribution in [3.8, 4) is 11.5 Å². The van der Waals surface area contributed by atoms with Crippen LogP contribution in [-0.2, 0) is 0 Å². The Morgan fingerprint density at radius 2 is 1.57 bits per heavy atom. The third-order valence-corrected chi connectivity index (χ3v) is 4.92. The summed E-state index contributed by atoms with van der Waals surface area (Å²) >= 11 is 0. The first kappa shape index (κ1) is 19.5. The molecule has 0 bridgehead atoms. The van der Waals surface area contributed by atoms with Gasteiger partial charge in [-0.1, -0.05) is 0 Å². The molecule has 0 radical (unpaired) electrons. The molecule has 2 aromatic rings. The Morgan fingerprint density at radius 1 is 0.964 bits per heavy atom. The molecule has 1 fully saturated rings. The molecule has 1 heterocycles. The van der Waals surface area contributed by atoms with Gasteiger partial charge in [0.25, 0.3) is 11.8 Å². The number of nitrogens with two attached hydrogens (primary N) is 1. The molecule has 1 aliphatic rings. The van der Waals surface area contributed by atoms with Crippen molar-refractivity contribution in [1.29, 1.82) is 0 Å². The molecular formula is C21H25N3O4. The predicted octanol–water partition coefficient (Wildman–Crippen LogP) is 2.32. The van der Waals surface area contributed by atoms with Gasteiger partial charge in [0.2, 0.25) is 0 Å². The Hall–Kier alpha value is -3.22. The Morgan fingerprint density at radius 3 is 2.18 bits per heavy atom. The van der Waals surface area contributed by atoms with Crippen LogP contribution in [0.5, 0.6) is 11.5 Å². The maximum absolute atomic E-state index is 12.8. The molecule has 0 unspecified atom stereocenters. The number of hydrogen-bond donors (Lipinski definition) is 2. The number of ether oxygens (including phenoxy) is 2. The van der Waals surface area contributed by atoms with Crippen molar-refractivity contribution < 1.29 is 19.1 Å². The second kappa shape index (κ2) is 8.65. The lowest BCUT2D eigenvalue weighted by Crippen LogP contribution is -2.46. The molecule has 0 atom stereocenters. The molecule has 0 spiro atoms.